The lowest BCUT2D eigenvalue weighted by atomic mass is 10.1. The van der Waals surface area contributed by atoms with E-state index in [-0.39, 0.29) is 27.8 Å². The lowest BCUT2D eigenvalue weighted by Gasteiger charge is -2.14. The van der Waals surface area contributed by atoms with Crippen molar-refractivity contribution in [1.29, 1.82) is 0 Å². The van der Waals surface area contributed by atoms with Crippen LogP contribution >= 0.6 is 23.2 Å². The van der Waals surface area contributed by atoms with E-state index in [9.17, 15) is 14.0 Å². The molecule has 1 heterocycles. The number of nitrogens with one attached hydrogen (secondary N) is 2. The Kier molecular flexibility index (Phi) is 6.76. The number of halogens is 3. The van der Waals surface area contributed by atoms with Crippen LogP contribution in [0.1, 0.15) is 31.8 Å². The van der Waals surface area contributed by atoms with E-state index in [1.807, 2.05) is 0 Å². The average Bonchev–Trinajstić information content (AvgIpc) is 2.71. The molecule has 2 amide bonds. The minimum absolute atomic E-state index is 0.0384. The van der Waals surface area contributed by atoms with E-state index in [1.54, 1.807) is 19.1 Å². The van der Waals surface area contributed by atoms with Gasteiger partial charge in [0.25, 0.3) is 11.8 Å². The second-order valence-electron chi connectivity index (χ2n) is 6.19. The fourth-order valence-corrected chi connectivity index (χ4v) is 3.08. The van der Waals surface area contributed by atoms with E-state index in [2.05, 4.69) is 20.8 Å². The summed E-state index contributed by atoms with van der Waals surface area (Å²) in [6, 6.07) is 11.7. The van der Waals surface area contributed by atoms with Crippen molar-refractivity contribution in [2.45, 2.75) is 6.92 Å². The number of hydrazone groups is 1. The van der Waals surface area contributed by atoms with Crippen LogP contribution < -0.4 is 10.7 Å². The molecule has 0 saturated carbocycles. The molecule has 0 fully saturated rings. The number of benzene rings is 2. The summed E-state index contributed by atoms with van der Waals surface area (Å²) < 4.78 is 13.0. The Balaban J connectivity index is 1.83. The van der Waals surface area contributed by atoms with E-state index in [1.165, 1.54) is 48.8 Å². The highest BCUT2D eigenvalue weighted by atomic mass is 35.5. The minimum Gasteiger partial charge on any atom is -0.321 e. The molecule has 0 atom stereocenters. The summed E-state index contributed by atoms with van der Waals surface area (Å²) in [7, 11) is 0. The number of amides is 2. The lowest BCUT2D eigenvalue weighted by molar-refractivity contribution is 0.0956. The van der Waals surface area contributed by atoms with Crippen molar-refractivity contribution in [3.8, 4) is 0 Å². The van der Waals surface area contributed by atoms with Crippen LogP contribution in [0.2, 0.25) is 10.2 Å². The molecule has 30 heavy (non-hydrogen) atoms. The third-order valence-electron chi connectivity index (χ3n) is 4.04. The monoisotopic (exact) mass is 444 g/mol. The molecule has 0 saturated heterocycles. The Labute approximate surface area is 181 Å². The summed E-state index contributed by atoms with van der Waals surface area (Å²) in [5.74, 6) is -1.49. The number of anilines is 1. The highest BCUT2D eigenvalue weighted by Gasteiger charge is 2.19. The van der Waals surface area contributed by atoms with Crippen molar-refractivity contribution < 1.29 is 14.0 Å². The molecule has 0 spiro atoms. The van der Waals surface area contributed by atoms with Crippen molar-refractivity contribution in [3.63, 3.8) is 0 Å². The molecule has 2 N–H and O–H groups in total. The van der Waals surface area contributed by atoms with E-state index in [0.717, 1.165) is 0 Å². The number of carbonyl (C=O) groups is 2. The number of aryl methyl sites for hydroxylation is 1. The predicted molar refractivity (Wildman–Crippen MR) is 115 cm³/mol. The minimum atomic E-state index is -0.591. The third-order valence-corrected chi connectivity index (χ3v) is 4.56. The highest BCUT2D eigenvalue weighted by Crippen LogP contribution is 2.27. The average molecular weight is 445 g/mol. The first-order chi connectivity index (χ1) is 14.3. The van der Waals surface area contributed by atoms with E-state index >= 15 is 0 Å². The quantitative estimate of drug-likeness (QED) is 0.335. The number of aromatic nitrogens is 1. The molecule has 2 aromatic carbocycles. The number of carbonyl (C=O) groups excluding carboxylic acids is 2. The van der Waals surface area contributed by atoms with Crippen LogP contribution in [0.5, 0.6) is 0 Å². The molecule has 0 radical (unpaired) electrons. The van der Waals surface area contributed by atoms with Gasteiger partial charge in [-0.15, -0.1) is 0 Å². The Morgan fingerprint density at radius 3 is 2.50 bits per heavy atom. The van der Waals surface area contributed by atoms with Gasteiger partial charge in [0.05, 0.1) is 23.0 Å². The highest BCUT2D eigenvalue weighted by molar-refractivity contribution is 6.33. The van der Waals surface area contributed by atoms with Crippen molar-refractivity contribution >= 4 is 46.9 Å². The topological polar surface area (TPSA) is 83.5 Å². The zero-order chi connectivity index (χ0) is 21.7. The van der Waals surface area contributed by atoms with Gasteiger partial charge in [-0.25, -0.2) is 14.8 Å². The van der Waals surface area contributed by atoms with Crippen LogP contribution in [0.4, 0.5) is 10.1 Å². The van der Waals surface area contributed by atoms with Gasteiger partial charge in [0.15, 0.2) is 0 Å². The number of hydrogen-bond acceptors (Lipinski definition) is 4. The normalized spacial score (nSPS) is 10.8. The first-order valence-corrected chi connectivity index (χ1v) is 9.41. The SMILES string of the molecule is Cc1cc(Cl)cc(C(=O)N/N=C\c2ccc(F)cc2)c1NC(=O)c1cccnc1Cl. The summed E-state index contributed by atoms with van der Waals surface area (Å²) in [5, 5.41) is 6.90. The number of hydrogen-bond donors (Lipinski definition) is 2. The van der Waals surface area contributed by atoms with Gasteiger partial charge < -0.3 is 5.32 Å². The molecule has 6 nitrogen and oxygen atoms in total. The fraction of sp³-hybridized carbons (Fsp3) is 0.0476. The first kappa shape index (κ1) is 21.4. The van der Waals surface area contributed by atoms with Gasteiger partial charge in [0.1, 0.15) is 11.0 Å². The molecular weight excluding hydrogens is 430 g/mol. The van der Waals surface area contributed by atoms with E-state index in [0.29, 0.717) is 16.1 Å². The van der Waals surface area contributed by atoms with Gasteiger partial charge in [-0.1, -0.05) is 35.3 Å². The summed E-state index contributed by atoms with van der Waals surface area (Å²) in [6.45, 7) is 1.70. The number of rotatable bonds is 5. The zero-order valence-corrected chi connectivity index (χ0v) is 17.1. The molecule has 0 unspecified atom stereocenters. The first-order valence-electron chi connectivity index (χ1n) is 8.66. The molecule has 3 aromatic rings. The predicted octanol–water partition coefficient (Wildman–Crippen LogP) is 4.85. The smallest absolute Gasteiger partial charge is 0.273 e. The Bertz CT molecular complexity index is 1130. The van der Waals surface area contributed by atoms with Gasteiger partial charge in [-0.3, -0.25) is 9.59 Å². The van der Waals surface area contributed by atoms with Crippen molar-refractivity contribution in [2.75, 3.05) is 5.32 Å². The third kappa shape index (κ3) is 5.20. The summed E-state index contributed by atoms with van der Waals surface area (Å²) in [6.07, 6.45) is 2.83. The maximum absolute atomic E-state index is 13.0. The van der Waals surface area contributed by atoms with E-state index in [4.69, 9.17) is 23.2 Å². The Morgan fingerprint density at radius 1 is 1.07 bits per heavy atom. The van der Waals surface area contributed by atoms with Crippen LogP contribution in [-0.2, 0) is 0 Å². The van der Waals surface area contributed by atoms with Crippen LogP contribution in [-0.4, -0.2) is 23.0 Å². The maximum atomic E-state index is 13.0. The van der Waals surface area contributed by atoms with Gasteiger partial charge in [0.2, 0.25) is 0 Å². The van der Waals surface area contributed by atoms with Crippen molar-refractivity contribution in [3.05, 3.63) is 93.0 Å². The molecule has 3 rings (SSSR count). The van der Waals surface area contributed by atoms with Gasteiger partial charge in [-0.05, 0) is 54.4 Å². The van der Waals surface area contributed by atoms with Crippen molar-refractivity contribution in [1.82, 2.24) is 10.4 Å². The number of nitrogens with zero attached hydrogens (tertiary/aromatic N) is 2. The maximum Gasteiger partial charge on any atom is 0.273 e. The largest absolute Gasteiger partial charge is 0.321 e. The lowest BCUT2D eigenvalue weighted by Crippen LogP contribution is -2.22. The van der Waals surface area contributed by atoms with Crippen LogP contribution in [0.25, 0.3) is 0 Å². The molecule has 9 heteroatoms. The Morgan fingerprint density at radius 2 is 1.80 bits per heavy atom. The molecule has 1 aromatic heterocycles. The fourth-order valence-electron chi connectivity index (χ4n) is 2.60. The van der Waals surface area contributed by atoms with Gasteiger partial charge in [-0.2, -0.15) is 5.10 Å². The van der Waals surface area contributed by atoms with Crippen LogP contribution in [0.15, 0.2) is 59.8 Å². The standard InChI is InChI=1S/C21H15Cl2FN4O2/c1-12-9-14(22)10-17(18(12)27-20(29)16-3-2-8-25-19(16)23)21(30)28-26-11-13-4-6-15(24)7-5-13/h2-11H,1H3,(H,27,29)(H,28,30)/b26-11-. The van der Waals surface area contributed by atoms with Crippen molar-refractivity contribution in [2.24, 2.45) is 5.10 Å². The molecule has 0 aliphatic carbocycles. The summed E-state index contributed by atoms with van der Waals surface area (Å²) in [4.78, 5) is 29.2. The van der Waals surface area contributed by atoms with Gasteiger partial charge >= 0.3 is 0 Å². The second kappa shape index (κ2) is 9.47. The second-order valence-corrected chi connectivity index (χ2v) is 6.99. The summed E-state index contributed by atoms with van der Waals surface area (Å²) >= 11 is 12.1. The van der Waals surface area contributed by atoms with Crippen LogP contribution in [0.3, 0.4) is 0 Å². The molecular formula is C21H15Cl2FN4O2. The zero-order valence-electron chi connectivity index (χ0n) is 15.6. The van der Waals surface area contributed by atoms with Crippen LogP contribution in [0, 0.1) is 12.7 Å². The molecule has 152 valence electrons. The Hall–Kier alpha value is -3.29. The molecule has 0 aliphatic heterocycles. The van der Waals surface area contributed by atoms with Gasteiger partial charge in [0, 0.05) is 11.2 Å². The summed E-state index contributed by atoms with van der Waals surface area (Å²) in [5.41, 5.74) is 4.08. The number of pyridine rings is 1. The molecule has 0 bridgehead atoms. The molecule has 0 aliphatic rings. The van der Waals surface area contributed by atoms with E-state index < -0.39 is 11.8 Å².